The first-order valence-electron chi connectivity index (χ1n) is 10.8. The number of rotatable bonds is 4. The predicted octanol–water partition coefficient (Wildman–Crippen LogP) is 3.05. The van der Waals surface area contributed by atoms with Crippen LogP contribution in [0.15, 0.2) is 24.5 Å². The third kappa shape index (κ3) is 6.87. The molecule has 11 nitrogen and oxygen atoms in total. The number of halogens is 6. The van der Waals surface area contributed by atoms with Crippen LogP contribution in [0.4, 0.5) is 38.0 Å². The molecule has 4 rings (SSSR count). The summed E-state index contributed by atoms with van der Waals surface area (Å²) < 4.78 is 73.5. The number of anilines is 2. The van der Waals surface area contributed by atoms with E-state index in [2.05, 4.69) is 25.8 Å². The predicted molar refractivity (Wildman–Crippen MR) is 117 cm³/mol. The van der Waals surface area contributed by atoms with Gasteiger partial charge in [-0.05, 0) is 25.0 Å². The summed E-state index contributed by atoms with van der Waals surface area (Å²) in [5.74, 6) is -3.20. The molecule has 0 saturated heterocycles. The number of nitrogens with one attached hydrogen (secondary N) is 2. The van der Waals surface area contributed by atoms with E-state index in [0.717, 1.165) is 36.6 Å². The Morgan fingerprint density at radius 3 is 2.35 bits per heavy atom. The standard InChI is InChI=1S/C18H21F3N8O.C2HF3O2/c1-28-9-13(15(26-28)18(19,20)21)24-16(30)14-7-6-10-8-23-17(27-29(10)14)25-12-5-3-2-4-11(12)22;3-2(4,5)1(6)7/h6-9,11-12H,2-5,22H2,1H3,(H,24,30)(H,25,27);(H,6,7)/t11-,12+;/m0./s1. The molecule has 2 atom stereocenters. The number of aryl methyl sites for hydroxylation is 1. The number of aliphatic carboxylic acids is 1. The molecule has 0 unspecified atom stereocenters. The summed E-state index contributed by atoms with van der Waals surface area (Å²) in [4.78, 5) is 25.8. The number of fused-ring (bicyclic) bond motifs is 1. The van der Waals surface area contributed by atoms with Gasteiger partial charge in [-0.15, -0.1) is 5.10 Å². The Morgan fingerprint density at radius 1 is 1.11 bits per heavy atom. The molecule has 0 bridgehead atoms. The van der Waals surface area contributed by atoms with Crippen molar-refractivity contribution in [2.45, 2.75) is 50.1 Å². The molecule has 0 spiro atoms. The van der Waals surface area contributed by atoms with Crippen molar-refractivity contribution in [3.05, 3.63) is 35.9 Å². The third-order valence-electron chi connectivity index (χ3n) is 5.35. The lowest BCUT2D eigenvalue weighted by molar-refractivity contribution is -0.192. The number of alkyl halides is 6. The quantitative estimate of drug-likeness (QED) is 0.372. The molecule has 3 aromatic rings. The lowest BCUT2D eigenvalue weighted by Gasteiger charge is -2.29. The Morgan fingerprint density at radius 2 is 1.76 bits per heavy atom. The zero-order valence-electron chi connectivity index (χ0n) is 19.1. The van der Waals surface area contributed by atoms with Gasteiger partial charge in [0.05, 0.1) is 17.4 Å². The number of carboxylic acids is 1. The summed E-state index contributed by atoms with van der Waals surface area (Å²) in [6.45, 7) is 0. The van der Waals surface area contributed by atoms with Gasteiger partial charge >= 0.3 is 18.3 Å². The van der Waals surface area contributed by atoms with Crippen molar-refractivity contribution in [1.29, 1.82) is 0 Å². The maximum Gasteiger partial charge on any atom is 0.490 e. The SMILES string of the molecule is Cn1cc(NC(=O)c2ccc3cnc(N[C@@H]4CCCC[C@@H]4N)nn23)c(C(F)(F)F)n1.O=C(O)C(F)(F)F. The van der Waals surface area contributed by atoms with Gasteiger partial charge in [0, 0.05) is 25.3 Å². The van der Waals surface area contributed by atoms with E-state index in [1.807, 2.05) is 0 Å². The van der Waals surface area contributed by atoms with Crippen molar-refractivity contribution >= 4 is 29.0 Å². The lowest BCUT2D eigenvalue weighted by Crippen LogP contribution is -2.43. The van der Waals surface area contributed by atoms with Crippen molar-refractivity contribution < 1.29 is 41.0 Å². The Kier molecular flexibility index (Phi) is 7.94. The van der Waals surface area contributed by atoms with Gasteiger partial charge in [-0.1, -0.05) is 12.8 Å². The first-order valence-corrected chi connectivity index (χ1v) is 10.8. The molecular formula is C20H22F6N8O3. The summed E-state index contributed by atoms with van der Waals surface area (Å²) in [5, 5.41) is 20.3. The highest BCUT2D eigenvalue weighted by atomic mass is 19.4. The number of nitrogens with two attached hydrogens (primary N) is 1. The molecule has 1 amide bonds. The van der Waals surface area contributed by atoms with Gasteiger partial charge in [-0.2, -0.15) is 31.4 Å². The van der Waals surface area contributed by atoms with Gasteiger partial charge < -0.3 is 21.5 Å². The maximum atomic E-state index is 13.1. The monoisotopic (exact) mass is 536 g/mol. The summed E-state index contributed by atoms with van der Waals surface area (Å²) in [6.07, 6.45) is -3.21. The minimum atomic E-state index is -5.08. The molecule has 17 heteroatoms. The molecule has 0 aromatic carbocycles. The Bertz CT molecular complexity index is 1270. The highest BCUT2D eigenvalue weighted by Gasteiger charge is 2.38. The van der Waals surface area contributed by atoms with Crippen LogP contribution in [0.1, 0.15) is 41.9 Å². The second kappa shape index (κ2) is 10.6. The molecule has 3 aromatic heterocycles. The zero-order valence-corrected chi connectivity index (χ0v) is 19.1. The molecule has 37 heavy (non-hydrogen) atoms. The van der Waals surface area contributed by atoms with Crippen LogP contribution in [0, 0.1) is 0 Å². The lowest BCUT2D eigenvalue weighted by atomic mass is 9.91. The van der Waals surface area contributed by atoms with E-state index in [4.69, 9.17) is 15.6 Å². The fourth-order valence-electron chi connectivity index (χ4n) is 3.62. The van der Waals surface area contributed by atoms with Crippen molar-refractivity contribution in [3.63, 3.8) is 0 Å². The summed E-state index contributed by atoms with van der Waals surface area (Å²) in [7, 11) is 1.35. The van der Waals surface area contributed by atoms with Crippen LogP contribution >= 0.6 is 0 Å². The molecule has 1 aliphatic rings. The topological polar surface area (TPSA) is 152 Å². The van der Waals surface area contributed by atoms with Crippen LogP contribution in [0.3, 0.4) is 0 Å². The van der Waals surface area contributed by atoms with E-state index in [0.29, 0.717) is 11.5 Å². The number of hydrogen-bond acceptors (Lipinski definition) is 7. The normalized spacial score (nSPS) is 18.2. The van der Waals surface area contributed by atoms with E-state index < -0.39 is 35.6 Å². The van der Waals surface area contributed by atoms with Crippen molar-refractivity contribution in [2.75, 3.05) is 10.6 Å². The molecule has 1 aliphatic carbocycles. The van der Waals surface area contributed by atoms with E-state index in [1.165, 1.54) is 23.8 Å². The van der Waals surface area contributed by atoms with Gasteiger partial charge in [-0.25, -0.2) is 14.3 Å². The number of aromatic nitrogens is 5. The number of carboxylic acid groups (broad SMARTS) is 1. The molecule has 3 heterocycles. The van der Waals surface area contributed by atoms with Gasteiger partial charge in [0.25, 0.3) is 5.91 Å². The second-order valence-electron chi connectivity index (χ2n) is 8.16. The highest BCUT2D eigenvalue weighted by molar-refractivity contribution is 6.04. The van der Waals surface area contributed by atoms with Crippen LogP contribution in [0.5, 0.6) is 0 Å². The second-order valence-corrected chi connectivity index (χ2v) is 8.16. The molecule has 1 saturated carbocycles. The summed E-state index contributed by atoms with van der Waals surface area (Å²) >= 11 is 0. The maximum absolute atomic E-state index is 13.1. The van der Waals surface area contributed by atoms with E-state index in [9.17, 15) is 31.1 Å². The molecule has 0 radical (unpaired) electrons. The number of amides is 1. The van der Waals surface area contributed by atoms with Gasteiger partial charge in [-0.3, -0.25) is 9.48 Å². The average molecular weight is 536 g/mol. The summed E-state index contributed by atoms with van der Waals surface area (Å²) in [5.41, 5.74) is 5.15. The van der Waals surface area contributed by atoms with Gasteiger partial charge in [0.1, 0.15) is 5.69 Å². The minimum absolute atomic E-state index is 0.0168. The van der Waals surface area contributed by atoms with E-state index in [-0.39, 0.29) is 17.8 Å². The van der Waals surface area contributed by atoms with Crippen molar-refractivity contribution in [3.8, 4) is 0 Å². The number of nitrogens with zero attached hydrogens (tertiary/aromatic N) is 5. The van der Waals surface area contributed by atoms with E-state index in [1.54, 1.807) is 6.07 Å². The van der Waals surface area contributed by atoms with Crippen molar-refractivity contribution in [2.24, 2.45) is 12.8 Å². The molecule has 1 fully saturated rings. The van der Waals surface area contributed by atoms with Gasteiger partial charge in [0.15, 0.2) is 5.69 Å². The highest BCUT2D eigenvalue weighted by Crippen LogP contribution is 2.33. The molecule has 5 N–H and O–H groups in total. The number of hydrogen-bond donors (Lipinski definition) is 4. The largest absolute Gasteiger partial charge is 0.490 e. The van der Waals surface area contributed by atoms with Crippen LogP contribution in [0.25, 0.3) is 5.52 Å². The van der Waals surface area contributed by atoms with Crippen LogP contribution in [0.2, 0.25) is 0 Å². The Labute approximate surface area is 204 Å². The third-order valence-corrected chi connectivity index (χ3v) is 5.35. The zero-order chi connectivity index (χ0) is 27.5. The minimum Gasteiger partial charge on any atom is -0.475 e. The first kappa shape index (κ1) is 27.7. The van der Waals surface area contributed by atoms with Crippen LogP contribution in [-0.2, 0) is 18.0 Å². The Balaban J connectivity index is 0.000000479. The fourth-order valence-corrected chi connectivity index (χ4v) is 3.62. The molecular weight excluding hydrogens is 514 g/mol. The van der Waals surface area contributed by atoms with Crippen molar-refractivity contribution in [1.82, 2.24) is 24.4 Å². The molecule has 0 aliphatic heterocycles. The fraction of sp³-hybridized carbons (Fsp3) is 0.450. The smallest absolute Gasteiger partial charge is 0.475 e. The molecule has 202 valence electrons. The Hall–Kier alpha value is -3.89. The van der Waals surface area contributed by atoms with Gasteiger partial charge in [0.2, 0.25) is 5.95 Å². The number of carbonyl (C=O) groups excluding carboxylic acids is 1. The van der Waals surface area contributed by atoms with E-state index >= 15 is 0 Å². The summed E-state index contributed by atoms with van der Waals surface area (Å²) in [6, 6.07) is 3.09. The first-order chi connectivity index (χ1) is 17.2. The van der Waals surface area contributed by atoms with Crippen LogP contribution < -0.4 is 16.4 Å². The van der Waals surface area contributed by atoms with Crippen LogP contribution in [-0.4, -0.2) is 59.6 Å². The number of carbonyl (C=O) groups is 2. The average Bonchev–Trinajstić information content (AvgIpc) is 3.38.